The molecule has 0 aliphatic carbocycles. The molecule has 0 saturated carbocycles. The van der Waals surface area contributed by atoms with E-state index in [1.54, 1.807) is 0 Å². The molecule has 2 heterocycles. The van der Waals surface area contributed by atoms with Crippen LogP contribution in [-0.2, 0) is 6.42 Å². The van der Waals surface area contributed by atoms with Crippen LogP contribution in [-0.4, -0.2) is 13.0 Å². The van der Waals surface area contributed by atoms with Gasteiger partial charge in [0.05, 0.1) is 11.4 Å². The second kappa shape index (κ2) is 8.07. The van der Waals surface area contributed by atoms with Crippen molar-refractivity contribution in [2.45, 2.75) is 25.6 Å². The van der Waals surface area contributed by atoms with Crippen LogP contribution in [0.5, 0.6) is 0 Å². The van der Waals surface area contributed by atoms with E-state index in [2.05, 4.69) is 105 Å². The standard InChI is InChI=1S/C29H23BNS/c1-30-28-16-15-27(32-28)26-18-20(19-9-3-2-4-10-19)17-25-23-13-6-5-11-21(23)22-12-7-8-14-24(22)29(25)31-26/h2-16,20H,17-18H2,1H3. The molecule has 4 aromatic carbocycles. The van der Waals surface area contributed by atoms with E-state index in [0.29, 0.717) is 5.92 Å². The molecule has 1 aliphatic heterocycles. The normalized spacial score (nSPS) is 15.9. The molecule has 0 fully saturated rings. The molecule has 5 aromatic rings. The largest absolute Gasteiger partial charge is 0.251 e. The number of benzene rings is 4. The van der Waals surface area contributed by atoms with Crippen LogP contribution in [0.25, 0.3) is 21.5 Å². The fourth-order valence-corrected chi connectivity index (χ4v) is 5.93. The smallest absolute Gasteiger partial charge is 0.162 e. The molecular formula is C29H23BNS. The molecule has 0 amide bonds. The van der Waals surface area contributed by atoms with Crippen molar-refractivity contribution < 1.29 is 0 Å². The van der Waals surface area contributed by atoms with Gasteiger partial charge in [0.25, 0.3) is 0 Å². The minimum atomic E-state index is 0.400. The third-order valence-corrected chi connectivity index (χ3v) is 7.81. The second-order valence-electron chi connectivity index (χ2n) is 8.48. The Labute approximate surface area is 193 Å². The summed E-state index contributed by atoms with van der Waals surface area (Å²) in [4.78, 5) is 6.71. The summed E-state index contributed by atoms with van der Waals surface area (Å²) in [5.74, 6) is 0.400. The molecule has 3 heteroatoms. The maximum Gasteiger partial charge on any atom is 0.162 e. The number of hydrogen-bond acceptors (Lipinski definition) is 2. The molecule has 0 bridgehead atoms. The Kier molecular flexibility index (Phi) is 4.92. The first-order chi connectivity index (χ1) is 15.8. The topological polar surface area (TPSA) is 12.4 Å². The van der Waals surface area contributed by atoms with Gasteiger partial charge in [0.15, 0.2) is 7.28 Å². The summed E-state index contributed by atoms with van der Waals surface area (Å²) in [6.45, 7) is 2.10. The molecular weight excluding hydrogens is 405 g/mol. The van der Waals surface area contributed by atoms with Crippen LogP contribution in [0.15, 0.2) is 96.0 Å². The van der Waals surface area contributed by atoms with Gasteiger partial charge in [0, 0.05) is 10.3 Å². The molecule has 0 spiro atoms. The van der Waals surface area contributed by atoms with E-state index in [1.807, 2.05) is 11.3 Å². The Bertz CT molecular complexity index is 1470. The van der Waals surface area contributed by atoms with Crippen molar-refractivity contribution in [3.05, 3.63) is 107 Å². The molecule has 0 saturated heterocycles. The molecule has 32 heavy (non-hydrogen) atoms. The zero-order chi connectivity index (χ0) is 21.5. The first-order valence-electron chi connectivity index (χ1n) is 11.3. The predicted octanol–water partition coefficient (Wildman–Crippen LogP) is 7.28. The van der Waals surface area contributed by atoms with Crippen LogP contribution in [0.2, 0.25) is 6.82 Å². The lowest BCUT2D eigenvalue weighted by Gasteiger charge is -2.18. The van der Waals surface area contributed by atoms with E-state index < -0.39 is 0 Å². The van der Waals surface area contributed by atoms with Crippen molar-refractivity contribution in [3.8, 4) is 0 Å². The Morgan fingerprint density at radius 3 is 2.09 bits per heavy atom. The predicted molar refractivity (Wildman–Crippen MR) is 141 cm³/mol. The molecule has 153 valence electrons. The monoisotopic (exact) mass is 428 g/mol. The summed E-state index contributed by atoms with van der Waals surface area (Å²) in [6.07, 6.45) is 1.95. The number of aliphatic imine (C=N–C) groups is 1. The lowest BCUT2D eigenvalue weighted by atomic mass is 9.81. The molecule has 1 radical (unpaired) electrons. The SMILES string of the molecule is C[B]c1ccc(C2=Nc3c(c4ccccc4c4ccccc34)CC(c3ccccc3)C2)s1. The highest BCUT2D eigenvalue weighted by molar-refractivity contribution is 7.23. The van der Waals surface area contributed by atoms with Crippen molar-refractivity contribution in [2.24, 2.45) is 4.99 Å². The lowest BCUT2D eigenvalue weighted by Crippen LogP contribution is -2.08. The van der Waals surface area contributed by atoms with Crippen LogP contribution in [0.4, 0.5) is 5.69 Å². The quantitative estimate of drug-likeness (QED) is 0.211. The van der Waals surface area contributed by atoms with Crippen LogP contribution in [0.1, 0.15) is 28.3 Å². The summed E-state index contributed by atoms with van der Waals surface area (Å²) in [5.41, 5.74) is 5.13. The Morgan fingerprint density at radius 2 is 1.38 bits per heavy atom. The minimum absolute atomic E-state index is 0.400. The van der Waals surface area contributed by atoms with Gasteiger partial charge >= 0.3 is 0 Å². The van der Waals surface area contributed by atoms with Gasteiger partial charge in [-0.15, -0.1) is 11.3 Å². The van der Waals surface area contributed by atoms with Crippen LogP contribution >= 0.6 is 11.3 Å². The summed E-state index contributed by atoms with van der Waals surface area (Å²) in [6, 6.07) is 33.0. The summed E-state index contributed by atoms with van der Waals surface area (Å²) in [7, 11) is 2.18. The van der Waals surface area contributed by atoms with Crippen molar-refractivity contribution >= 4 is 56.3 Å². The number of thiophene rings is 1. The first-order valence-corrected chi connectivity index (χ1v) is 12.1. The van der Waals surface area contributed by atoms with Crippen molar-refractivity contribution in [3.63, 3.8) is 0 Å². The number of fused-ring (bicyclic) bond motifs is 6. The second-order valence-corrected chi connectivity index (χ2v) is 9.60. The van der Waals surface area contributed by atoms with Crippen molar-refractivity contribution in [1.82, 2.24) is 0 Å². The van der Waals surface area contributed by atoms with Gasteiger partial charge in [-0.25, -0.2) is 0 Å². The highest BCUT2D eigenvalue weighted by Gasteiger charge is 2.25. The average Bonchev–Trinajstić information content (AvgIpc) is 3.25. The van der Waals surface area contributed by atoms with Crippen LogP contribution < -0.4 is 4.78 Å². The maximum atomic E-state index is 5.42. The zero-order valence-corrected chi connectivity index (χ0v) is 18.9. The molecule has 1 nitrogen and oxygen atoms in total. The highest BCUT2D eigenvalue weighted by Crippen LogP contribution is 2.44. The van der Waals surface area contributed by atoms with E-state index in [1.165, 1.54) is 48.0 Å². The van der Waals surface area contributed by atoms with Gasteiger partial charge in [-0.05, 0) is 56.9 Å². The number of hydrogen-bond donors (Lipinski definition) is 0. The number of rotatable bonds is 3. The van der Waals surface area contributed by atoms with Crippen molar-refractivity contribution in [2.75, 3.05) is 0 Å². The molecule has 1 atom stereocenters. The van der Waals surface area contributed by atoms with Gasteiger partial charge < -0.3 is 0 Å². The Balaban J connectivity index is 1.66. The van der Waals surface area contributed by atoms with Gasteiger partial charge in [-0.2, -0.15) is 0 Å². The molecule has 1 aromatic heterocycles. The maximum absolute atomic E-state index is 5.42. The Hall–Kier alpha value is -3.17. The third-order valence-electron chi connectivity index (χ3n) is 6.61. The van der Waals surface area contributed by atoms with E-state index in [-0.39, 0.29) is 0 Å². The van der Waals surface area contributed by atoms with Crippen molar-refractivity contribution in [1.29, 1.82) is 0 Å². The third kappa shape index (κ3) is 3.29. The van der Waals surface area contributed by atoms with E-state index in [4.69, 9.17) is 4.99 Å². The molecule has 1 unspecified atom stereocenters. The van der Waals surface area contributed by atoms with Gasteiger partial charge in [0.1, 0.15) is 0 Å². The highest BCUT2D eigenvalue weighted by atomic mass is 32.1. The van der Waals surface area contributed by atoms with E-state index >= 15 is 0 Å². The van der Waals surface area contributed by atoms with Gasteiger partial charge in [-0.3, -0.25) is 4.99 Å². The summed E-state index contributed by atoms with van der Waals surface area (Å²) in [5, 5.41) is 5.20. The lowest BCUT2D eigenvalue weighted by molar-refractivity contribution is 0.725. The summed E-state index contributed by atoms with van der Waals surface area (Å²) >= 11 is 1.84. The fraction of sp³-hybridized carbons (Fsp3) is 0.138. The van der Waals surface area contributed by atoms with E-state index in [9.17, 15) is 0 Å². The summed E-state index contributed by atoms with van der Waals surface area (Å²) < 4.78 is 1.30. The van der Waals surface area contributed by atoms with E-state index in [0.717, 1.165) is 18.5 Å². The fourth-order valence-electron chi connectivity index (χ4n) is 5.04. The zero-order valence-electron chi connectivity index (χ0n) is 18.1. The number of nitrogens with zero attached hydrogens (tertiary/aromatic N) is 1. The van der Waals surface area contributed by atoms with Crippen LogP contribution in [0.3, 0.4) is 0 Å². The van der Waals surface area contributed by atoms with Crippen LogP contribution in [0, 0.1) is 0 Å². The average molecular weight is 428 g/mol. The Morgan fingerprint density at radius 1 is 0.719 bits per heavy atom. The molecule has 0 N–H and O–H groups in total. The molecule has 6 rings (SSSR count). The molecule has 1 aliphatic rings. The van der Waals surface area contributed by atoms with Gasteiger partial charge in [-0.1, -0.05) is 91.8 Å². The first kappa shape index (κ1) is 19.5. The minimum Gasteiger partial charge on any atom is -0.251 e. The van der Waals surface area contributed by atoms with Gasteiger partial charge in [0.2, 0.25) is 0 Å².